The summed E-state index contributed by atoms with van der Waals surface area (Å²) in [6.45, 7) is 4.49. The summed E-state index contributed by atoms with van der Waals surface area (Å²) in [5.41, 5.74) is 0.791. The van der Waals surface area contributed by atoms with Gasteiger partial charge in [0.05, 0.1) is 24.6 Å². The number of hydrogen-bond donors (Lipinski definition) is 0. The van der Waals surface area contributed by atoms with Gasteiger partial charge < -0.3 is 4.74 Å². The van der Waals surface area contributed by atoms with E-state index in [1.807, 2.05) is 24.0 Å². The number of alkyl halides is 3. The first-order valence-corrected chi connectivity index (χ1v) is 9.80. The van der Waals surface area contributed by atoms with Gasteiger partial charge >= 0.3 is 12.1 Å². The van der Waals surface area contributed by atoms with Crippen molar-refractivity contribution in [2.75, 3.05) is 18.0 Å². The largest absolute Gasteiger partial charge is 0.454 e. The minimum Gasteiger partial charge on any atom is -0.454 e. The summed E-state index contributed by atoms with van der Waals surface area (Å²) in [6.07, 6.45) is -3.33. The van der Waals surface area contributed by atoms with E-state index in [1.165, 1.54) is 6.07 Å². The second kappa shape index (κ2) is 8.85. The third kappa shape index (κ3) is 5.17. The molecule has 1 fully saturated rings. The summed E-state index contributed by atoms with van der Waals surface area (Å²) in [7, 11) is 0. The van der Waals surface area contributed by atoms with Gasteiger partial charge in [0.1, 0.15) is 6.20 Å². The van der Waals surface area contributed by atoms with Crippen molar-refractivity contribution in [1.29, 1.82) is 0 Å². The van der Waals surface area contributed by atoms with Crippen LogP contribution in [0.3, 0.4) is 0 Å². The van der Waals surface area contributed by atoms with E-state index in [-0.39, 0.29) is 11.7 Å². The van der Waals surface area contributed by atoms with Gasteiger partial charge in [-0.05, 0) is 32.8 Å². The molecule has 1 aliphatic heterocycles. The van der Waals surface area contributed by atoms with Crippen molar-refractivity contribution in [3.05, 3.63) is 59.3 Å². The predicted octanol–water partition coefficient (Wildman–Crippen LogP) is 3.86. The molecule has 2 aromatic rings. The van der Waals surface area contributed by atoms with Crippen LogP contribution in [0.2, 0.25) is 0 Å². The average Bonchev–Trinajstić information content (AvgIpc) is 2.73. The second-order valence-corrected chi connectivity index (χ2v) is 7.53. The van der Waals surface area contributed by atoms with Crippen molar-refractivity contribution in [3.8, 4) is 0 Å². The number of anilines is 1. The molecule has 1 N–H and O–H groups in total. The van der Waals surface area contributed by atoms with Gasteiger partial charge in [0, 0.05) is 11.6 Å². The van der Waals surface area contributed by atoms with Crippen molar-refractivity contribution >= 4 is 17.6 Å². The van der Waals surface area contributed by atoms with Crippen LogP contribution >= 0.6 is 0 Å². The number of ketones is 1. The van der Waals surface area contributed by atoms with Crippen LogP contribution < -0.4 is 9.88 Å². The maximum absolute atomic E-state index is 12.7. The molecule has 0 saturated carbocycles. The lowest BCUT2D eigenvalue weighted by Crippen LogP contribution is -2.40. The average molecular weight is 421 g/mol. The van der Waals surface area contributed by atoms with Gasteiger partial charge in [0.25, 0.3) is 5.82 Å². The molecule has 8 heteroatoms. The van der Waals surface area contributed by atoms with E-state index in [9.17, 15) is 22.8 Å². The number of halogens is 3. The third-order valence-electron chi connectivity index (χ3n) is 5.29. The number of carbonyl (C=O) groups is 2. The molecule has 5 nitrogen and oxygen atoms in total. The fraction of sp³-hybridized carbons (Fsp3) is 0.409. The Labute approximate surface area is 172 Å². The number of ether oxygens (including phenoxy) is 1. The maximum Gasteiger partial charge on any atom is 0.419 e. The molecule has 0 unspecified atom stereocenters. The number of rotatable bonds is 5. The zero-order chi connectivity index (χ0) is 21.9. The summed E-state index contributed by atoms with van der Waals surface area (Å²) < 4.78 is 43.4. The number of piperidine rings is 1. The number of aromatic nitrogens is 1. The number of nitrogens with zero attached hydrogens (tertiary/aromatic N) is 1. The van der Waals surface area contributed by atoms with Gasteiger partial charge in [0.2, 0.25) is 5.78 Å². The Morgan fingerprint density at radius 3 is 2.27 bits per heavy atom. The molecule has 2 heterocycles. The molecule has 1 aromatic heterocycles. The highest BCUT2D eigenvalue weighted by atomic mass is 19.4. The standard InChI is InChI=1S/C22H23F3N2O3/c1-14-3-5-16(6-4-14)20(28)15(2)30-21(29)17-9-11-27(12-10-17)19-8-7-18(13-26-19)22(23,24)25/h3-8,13,15,17H,9-12H2,1-2H3/p+1/t15-/m1/s1. The number of carbonyl (C=O) groups excluding carboxylic acids is 2. The number of pyridine rings is 1. The topological polar surface area (TPSA) is 60.8 Å². The van der Waals surface area contributed by atoms with E-state index < -0.39 is 23.8 Å². The number of esters is 1. The quantitative estimate of drug-likeness (QED) is 0.543. The SMILES string of the molecule is Cc1ccc(C(=O)[C@@H](C)OC(=O)C2CCN(c3ccc(C(F)(F)F)c[nH+]3)CC2)cc1. The Morgan fingerprint density at radius 2 is 1.73 bits per heavy atom. The highest BCUT2D eigenvalue weighted by Crippen LogP contribution is 2.29. The Hall–Kier alpha value is -2.90. The minimum absolute atomic E-state index is 0.250. The van der Waals surface area contributed by atoms with Crippen LogP contribution in [-0.4, -0.2) is 30.9 Å². The highest BCUT2D eigenvalue weighted by molar-refractivity contribution is 6.00. The molecule has 1 aliphatic rings. The molecule has 0 amide bonds. The van der Waals surface area contributed by atoms with Gasteiger partial charge in [-0.3, -0.25) is 14.5 Å². The van der Waals surface area contributed by atoms with Crippen molar-refractivity contribution in [3.63, 3.8) is 0 Å². The monoisotopic (exact) mass is 421 g/mol. The third-order valence-corrected chi connectivity index (χ3v) is 5.29. The number of hydrogen-bond acceptors (Lipinski definition) is 4. The number of H-pyrrole nitrogens is 1. The van der Waals surface area contributed by atoms with Crippen molar-refractivity contribution in [2.45, 2.75) is 39.0 Å². The number of aryl methyl sites for hydroxylation is 1. The van der Waals surface area contributed by atoms with Gasteiger partial charge in [0.15, 0.2) is 6.10 Å². The van der Waals surface area contributed by atoms with Crippen LogP contribution in [0.4, 0.5) is 19.0 Å². The maximum atomic E-state index is 12.7. The van der Waals surface area contributed by atoms with Crippen LogP contribution in [0.5, 0.6) is 0 Å². The highest BCUT2D eigenvalue weighted by Gasteiger charge is 2.34. The van der Waals surface area contributed by atoms with Crippen LogP contribution in [0.25, 0.3) is 0 Å². The normalized spacial score (nSPS) is 16.2. The molecular formula is C22H24F3N2O3+. The molecule has 1 atom stereocenters. The number of aromatic amines is 1. The second-order valence-electron chi connectivity index (χ2n) is 7.53. The van der Waals surface area contributed by atoms with Crippen molar-refractivity contribution < 1.29 is 32.5 Å². The van der Waals surface area contributed by atoms with Crippen LogP contribution in [0.1, 0.15) is 41.3 Å². The Balaban J connectivity index is 1.52. The summed E-state index contributed by atoms with van der Waals surface area (Å²) in [5, 5.41) is 0. The van der Waals surface area contributed by atoms with E-state index in [2.05, 4.69) is 4.98 Å². The van der Waals surface area contributed by atoms with Gasteiger partial charge in [-0.1, -0.05) is 29.8 Å². The summed E-state index contributed by atoms with van der Waals surface area (Å²) in [6, 6.07) is 9.50. The number of nitrogens with one attached hydrogen (secondary N) is 1. The van der Waals surface area contributed by atoms with Crippen LogP contribution in [0, 0.1) is 12.8 Å². The van der Waals surface area contributed by atoms with Crippen LogP contribution in [-0.2, 0) is 15.7 Å². The zero-order valence-corrected chi connectivity index (χ0v) is 16.8. The van der Waals surface area contributed by atoms with Crippen LogP contribution in [0.15, 0.2) is 42.6 Å². The Morgan fingerprint density at radius 1 is 1.10 bits per heavy atom. The molecule has 160 valence electrons. The predicted molar refractivity (Wildman–Crippen MR) is 104 cm³/mol. The van der Waals surface area contributed by atoms with E-state index >= 15 is 0 Å². The van der Waals surface area contributed by atoms with E-state index in [0.29, 0.717) is 37.3 Å². The molecule has 0 aliphatic carbocycles. The van der Waals surface area contributed by atoms with Gasteiger partial charge in [-0.15, -0.1) is 0 Å². The summed E-state index contributed by atoms with van der Waals surface area (Å²) in [5.74, 6) is -0.444. The molecule has 30 heavy (non-hydrogen) atoms. The number of Topliss-reactive ketones (excluding diaryl/α,β-unsaturated/α-hetero) is 1. The lowest BCUT2D eigenvalue weighted by atomic mass is 9.96. The molecule has 0 radical (unpaired) electrons. The molecule has 0 bridgehead atoms. The van der Waals surface area contributed by atoms with Gasteiger partial charge in [-0.25, -0.2) is 4.98 Å². The van der Waals surface area contributed by atoms with E-state index in [0.717, 1.165) is 17.8 Å². The first-order chi connectivity index (χ1) is 14.1. The summed E-state index contributed by atoms with van der Waals surface area (Å²) >= 11 is 0. The molecule has 1 saturated heterocycles. The molecule has 1 aromatic carbocycles. The first kappa shape index (κ1) is 21.8. The van der Waals surface area contributed by atoms with E-state index in [1.54, 1.807) is 19.1 Å². The molecule has 3 rings (SSSR count). The Bertz CT molecular complexity index is 887. The van der Waals surface area contributed by atoms with E-state index in [4.69, 9.17) is 4.74 Å². The zero-order valence-electron chi connectivity index (χ0n) is 16.8. The first-order valence-electron chi connectivity index (χ1n) is 9.80. The molecular weight excluding hydrogens is 397 g/mol. The van der Waals surface area contributed by atoms with Crippen molar-refractivity contribution in [2.24, 2.45) is 5.92 Å². The fourth-order valence-electron chi connectivity index (χ4n) is 3.42. The minimum atomic E-state index is -4.39. The lowest BCUT2D eigenvalue weighted by Gasteiger charge is -2.27. The fourth-order valence-corrected chi connectivity index (χ4v) is 3.42. The van der Waals surface area contributed by atoms with Gasteiger partial charge in [-0.2, -0.15) is 13.2 Å². The van der Waals surface area contributed by atoms with Crippen molar-refractivity contribution in [1.82, 2.24) is 0 Å². The molecule has 0 spiro atoms. The lowest BCUT2D eigenvalue weighted by molar-refractivity contribution is -0.367. The number of benzene rings is 1. The smallest absolute Gasteiger partial charge is 0.419 e. The summed E-state index contributed by atoms with van der Waals surface area (Å²) in [4.78, 5) is 29.5. The Kier molecular flexibility index (Phi) is 6.43.